The molecule has 2 aliphatic rings. The van der Waals surface area contributed by atoms with Crippen LogP contribution < -0.4 is 0 Å². The molecule has 0 radical (unpaired) electrons. The molecule has 11 heteroatoms. The van der Waals surface area contributed by atoms with Crippen LogP contribution in [0.4, 0.5) is 0 Å². The van der Waals surface area contributed by atoms with Crippen molar-refractivity contribution in [2.75, 3.05) is 65.8 Å². The van der Waals surface area contributed by atoms with Crippen molar-refractivity contribution in [3.63, 3.8) is 0 Å². The standard InChI is InChI=1S/2C11H20NO4.Rf/c2*1-15-7-10(13)8-16-9-11(14)12-5-3-2-4-6-12;/h2*10,13H,1-9H2;/q2*-1;. The monoisotopic (exact) mass is 727 g/mol. The van der Waals surface area contributed by atoms with Crippen LogP contribution in [0, 0.1) is 14.2 Å². The fourth-order valence-corrected chi connectivity index (χ4v) is 3.40. The maximum atomic E-state index is 11.6. The predicted octanol–water partition coefficient (Wildman–Crippen LogP) is 0.369. The Labute approximate surface area is 191 Å². The van der Waals surface area contributed by atoms with Gasteiger partial charge in [0, 0.05) is 39.4 Å². The third-order valence-electron chi connectivity index (χ3n) is 5.11. The molecule has 10 nitrogen and oxygen atoms in total. The molecule has 2 aliphatic heterocycles. The van der Waals surface area contributed by atoms with Gasteiger partial charge in [0.15, 0.2) is 0 Å². The molecule has 2 fully saturated rings. The van der Waals surface area contributed by atoms with E-state index in [1.807, 2.05) is 9.80 Å². The molecule has 0 aromatic carbocycles. The molecule has 2 rings (SSSR count). The summed E-state index contributed by atoms with van der Waals surface area (Å²) in [5.74, 6) is 0.00452. The molecule has 0 spiro atoms. The maximum absolute atomic E-state index is 11.6. The van der Waals surface area contributed by atoms with Crippen molar-refractivity contribution in [1.29, 1.82) is 0 Å². The Kier molecular flexibility index (Phi) is 17.9. The van der Waals surface area contributed by atoms with Crippen LogP contribution in [-0.2, 0) is 28.5 Å². The Bertz CT molecular complexity index is 459. The molecular formula is C22H40N2O8Rf-2. The van der Waals surface area contributed by atoms with Crippen molar-refractivity contribution in [1.82, 2.24) is 9.80 Å². The van der Waals surface area contributed by atoms with Crippen LogP contribution in [0.1, 0.15) is 38.5 Å². The van der Waals surface area contributed by atoms with Gasteiger partial charge in [-0.1, -0.05) is 0 Å². The van der Waals surface area contributed by atoms with Crippen LogP contribution in [0.3, 0.4) is 0 Å². The zero-order chi connectivity index (χ0) is 23.6. The molecule has 2 unspecified atom stereocenters. The van der Waals surface area contributed by atoms with Crippen LogP contribution in [0.2, 0.25) is 0 Å². The van der Waals surface area contributed by atoms with E-state index in [0.717, 1.165) is 51.9 Å². The van der Waals surface area contributed by atoms with Gasteiger partial charge < -0.3 is 39.0 Å². The number of rotatable bonds is 12. The minimum Gasteiger partial charge on any atom is -0.553 e. The summed E-state index contributed by atoms with van der Waals surface area (Å²) in [6.45, 7) is 3.83. The molecule has 0 aromatic heterocycles. The first kappa shape index (κ1) is 30.7. The molecule has 0 saturated carbocycles. The summed E-state index contributed by atoms with van der Waals surface area (Å²) in [5.41, 5.74) is 0. The molecule has 2 amide bonds. The number of amides is 2. The van der Waals surface area contributed by atoms with E-state index >= 15 is 0 Å². The number of aliphatic hydroxyl groups is 2. The number of ether oxygens (including phenoxy) is 4. The number of piperidine rings is 2. The Morgan fingerprint density at radius 3 is 1.30 bits per heavy atom. The van der Waals surface area contributed by atoms with Crippen LogP contribution in [0.5, 0.6) is 0 Å². The van der Waals surface area contributed by atoms with Gasteiger partial charge >= 0.3 is 0 Å². The van der Waals surface area contributed by atoms with Crippen molar-refractivity contribution in [3.8, 4) is 0 Å². The van der Waals surface area contributed by atoms with Crippen LogP contribution in [-0.4, -0.2) is 110 Å². The molecule has 2 atom stereocenters. The fourth-order valence-electron chi connectivity index (χ4n) is 3.40. The summed E-state index contributed by atoms with van der Waals surface area (Å²) in [6, 6.07) is 0. The molecule has 33 heavy (non-hydrogen) atoms. The largest absolute Gasteiger partial charge is 0.553 e. The Morgan fingerprint density at radius 2 is 1.00 bits per heavy atom. The third kappa shape index (κ3) is 14.5. The molecule has 2 saturated heterocycles. The predicted molar refractivity (Wildman–Crippen MR) is 117 cm³/mol. The Hall–Kier alpha value is -2.30. The Morgan fingerprint density at radius 1 is 0.667 bits per heavy atom. The molecule has 190 valence electrons. The number of aliphatic hydroxyl groups excluding tert-OH is 2. The van der Waals surface area contributed by atoms with Crippen molar-refractivity contribution in [3.05, 3.63) is 14.2 Å². The van der Waals surface area contributed by atoms with Crippen LogP contribution in [0.25, 0.3) is 0 Å². The zero-order valence-corrected chi connectivity index (χ0v) is 26.2. The van der Waals surface area contributed by atoms with E-state index in [1.54, 1.807) is 0 Å². The van der Waals surface area contributed by atoms with E-state index in [9.17, 15) is 19.8 Å². The third-order valence-corrected chi connectivity index (χ3v) is 5.11. The smallest absolute Gasteiger partial charge is 0.248 e. The number of hydrogen-bond acceptors (Lipinski definition) is 8. The van der Waals surface area contributed by atoms with Gasteiger partial charge in [-0.05, 0) is 38.5 Å². The van der Waals surface area contributed by atoms with Crippen molar-refractivity contribution in [2.24, 2.45) is 0 Å². The number of carbonyl (C=O) groups is 2. The number of carbonyl (C=O) groups excluding carboxylic acids is 2. The Balaban J connectivity index is 0.000000602. The second-order valence-corrected chi connectivity index (χ2v) is 7.96. The van der Waals surface area contributed by atoms with Crippen molar-refractivity contribution < 1.29 is 38.7 Å². The molecule has 2 N–H and O–H groups in total. The quantitative estimate of drug-likeness (QED) is 0.277. The number of hydrogen-bond donors (Lipinski definition) is 2. The van der Waals surface area contributed by atoms with Gasteiger partial charge in [0.2, 0.25) is 11.8 Å². The minimum atomic E-state index is -0.716. The first-order valence-corrected chi connectivity index (χ1v) is 11.3. The fraction of sp³-hybridized carbons (Fsp3) is 0.818. The normalized spacial score (nSPS) is 17.9. The van der Waals surface area contributed by atoms with Gasteiger partial charge in [0.05, 0.1) is 25.4 Å². The maximum Gasteiger partial charge on any atom is 0.248 e. The van der Waals surface area contributed by atoms with Crippen molar-refractivity contribution in [2.45, 2.75) is 50.7 Å². The molecule has 0 aliphatic carbocycles. The molecule has 2 heterocycles. The van der Waals surface area contributed by atoms with Gasteiger partial charge in [0.25, 0.3) is 0 Å². The zero-order valence-electron chi connectivity index (χ0n) is 19.8. The summed E-state index contributed by atoms with van der Waals surface area (Å²) in [6.07, 6.45) is 5.26. The van der Waals surface area contributed by atoms with Gasteiger partial charge in [0.1, 0.15) is 13.2 Å². The van der Waals surface area contributed by atoms with E-state index in [1.165, 1.54) is 12.8 Å². The summed E-state index contributed by atoms with van der Waals surface area (Å²) < 4.78 is 19.2. The van der Waals surface area contributed by atoms with Gasteiger partial charge in [-0.15, -0.1) is 0 Å². The molecule has 0 aromatic rings. The van der Waals surface area contributed by atoms with E-state index in [0.29, 0.717) is 0 Å². The first-order valence-electron chi connectivity index (χ1n) is 11.3. The molecule has 0 bridgehead atoms. The van der Waals surface area contributed by atoms with E-state index in [4.69, 9.17) is 9.47 Å². The number of likely N-dealkylation sites (tertiary alicyclic amines) is 2. The van der Waals surface area contributed by atoms with Crippen molar-refractivity contribution >= 4 is 11.8 Å². The topological polar surface area (TPSA) is 118 Å². The average Bonchev–Trinajstić information content (AvgIpc) is 2.81. The first-order chi connectivity index (χ1) is 15.5. The van der Waals surface area contributed by atoms with Gasteiger partial charge in [-0.3, -0.25) is 9.59 Å². The average molecular weight is 728 g/mol. The number of nitrogens with zero attached hydrogens (tertiary/aromatic N) is 2. The SMILES string of the molecule is [CH2-]OCC(O)COCC(=O)N1CCCCC1.[CH2-]OCC(O)COCC(=O)N1CCCCC1.[Rf]. The van der Waals surface area contributed by atoms with Gasteiger partial charge in [-0.25, -0.2) is 14.2 Å². The van der Waals surface area contributed by atoms with E-state index in [2.05, 4.69) is 23.7 Å². The summed E-state index contributed by atoms with van der Waals surface area (Å²) in [5, 5.41) is 18.5. The van der Waals surface area contributed by atoms with E-state index in [-0.39, 0.29) is 51.5 Å². The summed E-state index contributed by atoms with van der Waals surface area (Å²) >= 11 is 0. The van der Waals surface area contributed by atoms with Crippen LogP contribution >= 0.6 is 0 Å². The second kappa shape index (κ2) is 19.2. The summed E-state index contributed by atoms with van der Waals surface area (Å²) in [7, 11) is 6.30. The summed E-state index contributed by atoms with van der Waals surface area (Å²) in [4.78, 5) is 26.9. The van der Waals surface area contributed by atoms with Gasteiger partial charge in [-0.2, -0.15) is 0 Å². The second-order valence-electron chi connectivity index (χ2n) is 7.96. The van der Waals surface area contributed by atoms with E-state index < -0.39 is 12.2 Å². The van der Waals surface area contributed by atoms with Crippen LogP contribution in [0.15, 0.2) is 0 Å². The molecular weight excluding hydrogens is 687 g/mol. The minimum absolute atomic E-state index is 0.